The fraction of sp³-hybridized carbons (Fsp3) is 0.440. The van der Waals surface area contributed by atoms with E-state index in [-0.39, 0.29) is 0 Å². The van der Waals surface area contributed by atoms with Crippen LogP contribution in [0.2, 0.25) is 0 Å². The summed E-state index contributed by atoms with van der Waals surface area (Å²) in [5, 5.41) is 11.3. The van der Waals surface area contributed by atoms with Crippen molar-refractivity contribution in [1.82, 2.24) is 24.8 Å². The van der Waals surface area contributed by atoms with Gasteiger partial charge in [-0.15, -0.1) is 6.42 Å². The molecule has 0 aromatic carbocycles. The molecule has 1 atom stereocenters. The molecule has 3 aromatic heterocycles. The number of anilines is 1. The van der Waals surface area contributed by atoms with Gasteiger partial charge in [0.25, 0.3) is 0 Å². The zero-order valence-electron chi connectivity index (χ0n) is 18.4. The maximum Gasteiger partial charge on any atom is 0.162 e. The molecule has 2 aliphatic rings. The van der Waals surface area contributed by atoms with Crippen LogP contribution in [-0.2, 0) is 0 Å². The number of terminal acetylenes is 1. The molecular formula is C25H28N6O. The highest BCUT2D eigenvalue weighted by Gasteiger charge is 2.42. The minimum Gasteiger partial charge on any atom is -0.377 e. The molecule has 164 valence electrons. The number of pyridine rings is 2. The van der Waals surface area contributed by atoms with Gasteiger partial charge in [-0.25, -0.2) is 9.97 Å². The molecular weight excluding hydrogens is 400 g/mol. The van der Waals surface area contributed by atoms with E-state index in [0.29, 0.717) is 17.8 Å². The third kappa shape index (κ3) is 4.04. The van der Waals surface area contributed by atoms with Crippen LogP contribution < -0.4 is 4.90 Å². The molecule has 3 aromatic rings. The van der Waals surface area contributed by atoms with E-state index in [0.717, 1.165) is 67.7 Å². The van der Waals surface area contributed by atoms with Crippen LogP contribution in [0.15, 0.2) is 43.0 Å². The molecule has 5 rings (SSSR count). The van der Waals surface area contributed by atoms with Gasteiger partial charge in [-0.1, -0.05) is 5.92 Å². The van der Waals surface area contributed by atoms with Gasteiger partial charge in [0.2, 0.25) is 0 Å². The van der Waals surface area contributed by atoms with E-state index in [4.69, 9.17) is 16.4 Å². The smallest absolute Gasteiger partial charge is 0.162 e. The van der Waals surface area contributed by atoms with Crippen LogP contribution in [-0.4, -0.2) is 68.3 Å². The molecule has 2 saturated heterocycles. The predicted molar refractivity (Wildman–Crippen MR) is 125 cm³/mol. The summed E-state index contributed by atoms with van der Waals surface area (Å²) in [6.07, 6.45) is 16.0. The molecule has 32 heavy (non-hydrogen) atoms. The van der Waals surface area contributed by atoms with Crippen molar-refractivity contribution in [2.24, 2.45) is 5.41 Å². The van der Waals surface area contributed by atoms with Gasteiger partial charge in [0, 0.05) is 55.7 Å². The second-order valence-electron chi connectivity index (χ2n) is 9.37. The topological polar surface area (TPSA) is 78.3 Å². The summed E-state index contributed by atoms with van der Waals surface area (Å²) in [5.41, 5.74) is 1.03. The van der Waals surface area contributed by atoms with Crippen LogP contribution in [0.1, 0.15) is 26.2 Å². The number of aliphatic hydroxyl groups is 1. The third-order valence-electron chi connectivity index (χ3n) is 6.90. The van der Waals surface area contributed by atoms with Crippen LogP contribution in [0.5, 0.6) is 0 Å². The highest BCUT2D eigenvalue weighted by Crippen LogP contribution is 2.42. The quantitative estimate of drug-likeness (QED) is 0.640. The van der Waals surface area contributed by atoms with E-state index in [2.05, 4.69) is 25.7 Å². The van der Waals surface area contributed by atoms with Gasteiger partial charge in [-0.05, 0) is 56.3 Å². The number of hydrogen-bond donors (Lipinski definition) is 1. The molecule has 1 N–H and O–H groups in total. The predicted octanol–water partition coefficient (Wildman–Crippen LogP) is 2.76. The molecule has 0 bridgehead atoms. The maximum absolute atomic E-state index is 10.3. The molecule has 0 saturated carbocycles. The monoisotopic (exact) mass is 428 g/mol. The lowest BCUT2D eigenvalue weighted by Crippen LogP contribution is -2.44. The van der Waals surface area contributed by atoms with Crippen molar-refractivity contribution in [3.05, 3.63) is 43.0 Å². The Morgan fingerprint density at radius 3 is 2.53 bits per heavy atom. The molecule has 7 nitrogen and oxygen atoms in total. The van der Waals surface area contributed by atoms with Gasteiger partial charge >= 0.3 is 0 Å². The Morgan fingerprint density at radius 2 is 1.78 bits per heavy atom. The van der Waals surface area contributed by atoms with Gasteiger partial charge in [0.1, 0.15) is 11.4 Å². The van der Waals surface area contributed by atoms with Gasteiger partial charge in [0.05, 0.1) is 11.7 Å². The van der Waals surface area contributed by atoms with Crippen LogP contribution in [0.25, 0.3) is 22.3 Å². The lowest BCUT2D eigenvalue weighted by Gasteiger charge is -2.40. The Labute approximate surface area is 188 Å². The van der Waals surface area contributed by atoms with E-state index >= 15 is 0 Å². The van der Waals surface area contributed by atoms with E-state index < -0.39 is 5.60 Å². The summed E-state index contributed by atoms with van der Waals surface area (Å²) in [5.74, 6) is 4.18. The fourth-order valence-electron chi connectivity index (χ4n) is 5.08. The number of rotatable bonds is 4. The van der Waals surface area contributed by atoms with Crippen molar-refractivity contribution in [2.45, 2.75) is 31.8 Å². The van der Waals surface area contributed by atoms with E-state index in [9.17, 15) is 5.11 Å². The largest absolute Gasteiger partial charge is 0.377 e. The summed E-state index contributed by atoms with van der Waals surface area (Å²) in [6.45, 7) is 6.14. The maximum atomic E-state index is 10.3. The van der Waals surface area contributed by atoms with Crippen molar-refractivity contribution < 1.29 is 5.11 Å². The highest BCUT2D eigenvalue weighted by molar-refractivity contribution is 5.90. The Balaban J connectivity index is 1.37. The minimum absolute atomic E-state index is 0.291. The van der Waals surface area contributed by atoms with Crippen LogP contribution in [0, 0.1) is 17.8 Å². The summed E-state index contributed by atoms with van der Waals surface area (Å²) in [7, 11) is 0. The van der Waals surface area contributed by atoms with Crippen LogP contribution in [0.3, 0.4) is 0 Å². The lowest BCUT2D eigenvalue weighted by atomic mass is 9.77. The van der Waals surface area contributed by atoms with Crippen molar-refractivity contribution in [3.8, 4) is 23.7 Å². The average molecular weight is 429 g/mol. The second-order valence-corrected chi connectivity index (χ2v) is 9.37. The Bertz CT molecular complexity index is 1150. The zero-order valence-corrected chi connectivity index (χ0v) is 18.4. The zero-order chi connectivity index (χ0) is 22.2. The van der Waals surface area contributed by atoms with Crippen LogP contribution in [0.4, 0.5) is 5.82 Å². The number of fused-ring (bicyclic) bond motifs is 1. The number of likely N-dealkylation sites (tertiary alicyclic amines) is 1. The first-order valence-corrected chi connectivity index (χ1v) is 11.2. The third-order valence-corrected chi connectivity index (χ3v) is 6.90. The van der Waals surface area contributed by atoms with Crippen molar-refractivity contribution >= 4 is 16.7 Å². The highest BCUT2D eigenvalue weighted by atomic mass is 16.3. The molecule has 0 aliphatic carbocycles. The Kier molecular flexibility index (Phi) is 5.28. The summed E-state index contributed by atoms with van der Waals surface area (Å²) in [4.78, 5) is 22.8. The number of hydrogen-bond acceptors (Lipinski definition) is 7. The van der Waals surface area contributed by atoms with Gasteiger partial charge < -0.3 is 10.0 Å². The average Bonchev–Trinajstić information content (AvgIpc) is 3.20. The molecule has 7 heteroatoms. The number of β-amino-alcohol motifs (C(OH)–C–C–N with tert-alkyl or cyclic N) is 1. The summed E-state index contributed by atoms with van der Waals surface area (Å²) < 4.78 is 0. The van der Waals surface area contributed by atoms with E-state index in [1.54, 1.807) is 25.5 Å². The standard InChI is InChI=1S/C25H28N6O/c1-3-24(2,32)17-30-13-7-25(18-30)8-14-31(15-9-25)23-20-6-12-27-16-21(20)28-22(29-23)19-4-10-26-11-5-19/h1,4-6,10-12,16,32H,7-9,13-15,17-18H2,2H3. The molecule has 1 spiro atoms. The van der Waals surface area contributed by atoms with Crippen molar-refractivity contribution in [3.63, 3.8) is 0 Å². The SMILES string of the molecule is C#CC(C)(O)CN1CCC2(CCN(c3nc(-c4ccncc4)nc4cnccc34)CC2)C1. The molecule has 2 aliphatic heterocycles. The molecule has 1 unspecified atom stereocenters. The van der Waals surface area contributed by atoms with E-state index in [1.165, 1.54) is 0 Å². The second kappa shape index (κ2) is 8.12. The van der Waals surface area contributed by atoms with E-state index in [1.807, 2.05) is 24.4 Å². The number of piperidine rings is 1. The normalized spacial score (nSPS) is 20.3. The summed E-state index contributed by atoms with van der Waals surface area (Å²) in [6, 6.07) is 5.88. The molecule has 5 heterocycles. The van der Waals surface area contributed by atoms with Crippen molar-refractivity contribution in [2.75, 3.05) is 37.6 Å². The molecule has 2 fully saturated rings. The molecule has 0 radical (unpaired) electrons. The van der Waals surface area contributed by atoms with Crippen LogP contribution >= 0.6 is 0 Å². The Hall–Kier alpha value is -3.08. The van der Waals surface area contributed by atoms with Gasteiger partial charge in [0.15, 0.2) is 5.82 Å². The first kappa shape index (κ1) is 20.8. The lowest BCUT2D eigenvalue weighted by molar-refractivity contribution is 0.0726. The molecule has 0 amide bonds. The van der Waals surface area contributed by atoms with Crippen molar-refractivity contribution in [1.29, 1.82) is 0 Å². The van der Waals surface area contributed by atoms with Gasteiger partial charge in [-0.2, -0.15) is 0 Å². The number of aromatic nitrogens is 4. The van der Waals surface area contributed by atoms with Gasteiger partial charge in [-0.3, -0.25) is 14.9 Å². The Morgan fingerprint density at radius 1 is 1.06 bits per heavy atom. The fourth-order valence-corrected chi connectivity index (χ4v) is 5.08. The number of nitrogens with zero attached hydrogens (tertiary/aromatic N) is 6. The minimum atomic E-state index is -1.07. The first-order chi connectivity index (χ1) is 15.5. The first-order valence-electron chi connectivity index (χ1n) is 11.2. The summed E-state index contributed by atoms with van der Waals surface area (Å²) >= 11 is 0.